The van der Waals surface area contributed by atoms with Crippen LogP contribution in [0.25, 0.3) is 0 Å². The first kappa shape index (κ1) is 64.2. The number of aliphatic carboxylic acids is 1. The van der Waals surface area contributed by atoms with E-state index in [2.05, 4.69) is 5.32 Å². The number of aliphatic hydroxyl groups excluding tert-OH is 9. The number of aliphatic hydroxyl groups is 10. The van der Waals surface area contributed by atoms with Gasteiger partial charge in [-0.1, -0.05) is 117 Å². The molecule has 22 heteroatoms. The van der Waals surface area contributed by atoms with Crippen LogP contribution in [0.1, 0.15) is 84.6 Å². The Labute approximate surface area is 444 Å². The predicted molar refractivity (Wildman–Crippen MR) is 276 cm³/mol. The predicted octanol–water partition coefficient (Wildman–Crippen LogP) is 1.79. The number of benzene rings is 1. The Morgan fingerprint density at radius 1 is 0.697 bits per heavy atom. The zero-order valence-corrected chi connectivity index (χ0v) is 44.0. The molecule has 0 amide bonds. The van der Waals surface area contributed by atoms with Crippen LogP contribution in [-0.2, 0) is 45.2 Å². The number of cyclic esters (lactones) is 1. The highest BCUT2D eigenvalue weighted by molar-refractivity contribution is 7.85. The fourth-order valence-corrected chi connectivity index (χ4v) is 10.0. The molecule has 21 nitrogen and oxygen atoms in total. The molecular weight excluding hydrogens is 1010 g/mol. The highest BCUT2D eigenvalue weighted by Crippen LogP contribution is 2.38. The molecule has 2 fully saturated rings. The van der Waals surface area contributed by atoms with Crippen LogP contribution in [0.2, 0.25) is 0 Å². The van der Waals surface area contributed by atoms with Crippen molar-refractivity contribution in [3.8, 4) is 0 Å². The van der Waals surface area contributed by atoms with E-state index in [1.54, 1.807) is 86.8 Å². The maximum absolute atomic E-state index is 12.7. The van der Waals surface area contributed by atoms with Gasteiger partial charge in [0.1, 0.15) is 18.1 Å². The van der Waals surface area contributed by atoms with Crippen LogP contribution in [0, 0.1) is 17.8 Å². The molecule has 13 N–H and O–H groups in total. The van der Waals surface area contributed by atoms with Crippen molar-refractivity contribution in [2.24, 2.45) is 17.8 Å². The van der Waals surface area contributed by atoms with E-state index in [-0.39, 0.29) is 43.7 Å². The Bertz CT molecular complexity index is 2300. The largest absolute Gasteiger partial charge is 0.481 e. The number of ether oxygens (including phenoxy) is 4. The molecule has 2 saturated heterocycles. The average molecular weight is 1090 g/mol. The topological polar surface area (TPSA) is 360 Å². The number of hydrogen-bond acceptors (Lipinski definition) is 19. The van der Waals surface area contributed by atoms with E-state index < -0.39 is 162 Å². The van der Waals surface area contributed by atoms with Gasteiger partial charge in [0, 0.05) is 37.6 Å². The van der Waals surface area contributed by atoms with Crippen molar-refractivity contribution in [1.29, 1.82) is 0 Å². The van der Waals surface area contributed by atoms with Gasteiger partial charge in [-0.05, 0) is 51.2 Å². The Kier molecular flexibility index (Phi) is 26.0. The second kappa shape index (κ2) is 30.7. The molecular formula is C54H79NO20S. The number of carbonyl (C=O) groups is 2. The van der Waals surface area contributed by atoms with E-state index in [1.165, 1.54) is 43.3 Å². The number of fused-ring (bicyclic) bond motifs is 2. The molecule has 0 saturated carbocycles. The van der Waals surface area contributed by atoms with Gasteiger partial charge < -0.3 is 80.4 Å². The van der Waals surface area contributed by atoms with E-state index >= 15 is 0 Å². The van der Waals surface area contributed by atoms with Crippen LogP contribution in [-0.4, -0.2) is 179 Å². The van der Waals surface area contributed by atoms with Gasteiger partial charge >= 0.3 is 11.9 Å². The third-order valence-corrected chi connectivity index (χ3v) is 14.7. The number of hydrogen-bond donors (Lipinski definition) is 13. The summed E-state index contributed by atoms with van der Waals surface area (Å²) in [5, 5.41) is 124. The maximum Gasteiger partial charge on any atom is 0.311 e. The SMILES string of the molecule is C[C@@H]1[C@H](O)[C@@H](C)/C=C/C=C/C=C/C=C/C=C/C=C/C=C/[C@H](O[C@H]2O[C@@H](C)[C@H](O)[C@@H](NCc3ccccc3S(=O)(=O)O)[C@H]2O)C[C@@H]2O[C@](O)(C[C@@H](O)[C@H](O)CC[C@@H](O)C[C@@H](O)C[C@@H](O)CC(=O)O[C@H]1C)C[C@H](O)[C@H]2C(=O)O. The monoisotopic (exact) mass is 1090 g/mol. The molecule has 0 radical (unpaired) electrons. The van der Waals surface area contributed by atoms with Gasteiger partial charge in [-0.25, -0.2) is 0 Å². The lowest BCUT2D eigenvalue weighted by Crippen LogP contribution is -2.63. The minimum absolute atomic E-state index is 0.124. The van der Waals surface area contributed by atoms with Crippen LogP contribution >= 0.6 is 0 Å². The van der Waals surface area contributed by atoms with E-state index in [4.69, 9.17) is 18.9 Å². The quantitative estimate of drug-likeness (QED) is 0.137. The highest BCUT2D eigenvalue weighted by Gasteiger charge is 2.51. The van der Waals surface area contributed by atoms with Crippen LogP contribution in [0.5, 0.6) is 0 Å². The summed E-state index contributed by atoms with van der Waals surface area (Å²) < 4.78 is 57.5. The molecule has 426 valence electrons. The molecule has 0 aliphatic carbocycles. The first-order valence-electron chi connectivity index (χ1n) is 25.5. The summed E-state index contributed by atoms with van der Waals surface area (Å²) in [4.78, 5) is 25.0. The van der Waals surface area contributed by atoms with Crippen LogP contribution in [0.15, 0.2) is 114 Å². The Hall–Kier alpha value is -4.31. The van der Waals surface area contributed by atoms with Crippen LogP contribution < -0.4 is 5.32 Å². The highest BCUT2D eigenvalue weighted by atomic mass is 32.2. The number of esters is 1. The smallest absolute Gasteiger partial charge is 0.311 e. The molecule has 2 bridgehead atoms. The summed E-state index contributed by atoms with van der Waals surface area (Å²) in [7, 11) is -4.64. The summed E-state index contributed by atoms with van der Waals surface area (Å²) in [6.45, 7) is 6.42. The van der Waals surface area contributed by atoms with Gasteiger partial charge in [-0.15, -0.1) is 0 Å². The molecule has 3 heterocycles. The minimum atomic E-state index is -4.64. The van der Waals surface area contributed by atoms with Crippen molar-refractivity contribution < 1.29 is 97.7 Å². The van der Waals surface area contributed by atoms with E-state index in [1.807, 2.05) is 6.92 Å². The number of carbonyl (C=O) groups excluding carboxylic acids is 1. The number of allylic oxidation sites excluding steroid dienone is 12. The molecule has 4 rings (SSSR count). The van der Waals surface area contributed by atoms with Crippen molar-refractivity contribution in [3.05, 3.63) is 115 Å². The molecule has 1 aromatic rings. The number of carboxylic acid groups (broad SMARTS) is 1. The van der Waals surface area contributed by atoms with Crippen molar-refractivity contribution in [2.45, 2.75) is 188 Å². The van der Waals surface area contributed by atoms with Gasteiger partial charge in [0.05, 0.1) is 84.5 Å². The van der Waals surface area contributed by atoms with E-state index in [0.717, 1.165) is 0 Å². The lowest BCUT2D eigenvalue weighted by molar-refractivity contribution is -0.310. The van der Waals surface area contributed by atoms with Gasteiger partial charge in [0.25, 0.3) is 10.1 Å². The zero-order chi connectivity index (χ0) is 56.3. The molecule has 1 aromatic carbocycles. The molecule has 76 heavy (non-hydrogen) atoms. The van der Waals surface area contributed by atoms with Gasteiger partial charge in [-0.2, -0.15) is 8.42 Å². The van der Waals surface area contributed by atoms with Crippen LogP contribution in [0.3, 0.4) is 0 Å². The number of carboxylic acids is 1. The standard InChI is InChI=1S/C54H79NO20S/c1-32-19-15-13-11-9-7-5-6-8-10-12-14-16-21-40(74-53-51(65)48(50(64)35(4)73-53)55-31-36-20-17-18-22-45(36)76(69,70)71)28-44-47(52(66)67)43(61)30-54(68,75-44)29-42(60)41(59)24-23-37(56)25-38(57)26-39(58)27-46(62)72-34(3)33(2)49(32)63/h5-22,32-35,37-44,47-51,53,55-61,63-65,68H,23-31H2,1-4H3,(H,66,67)(H,69,70,71)/b6-5+,9-7+,10-8+,13-11+,14-12+,19-15+,21-16+/t32-,33-,34-,35-,37+,38+,39+,40-,41+,42+,43-,44-,47+,48+,49+,50-,51+,53+,54+/m0/s1. The van der Waals surface area contributed by atoms with Gasteiger partial charge in [0.15, 0.2) is 12.1 Å². The lowest BCUT2D eigenvalue weighted by Gasteiger charge is -2.45. The Balaban J connectivity index is 1.60. The first-order chi connectivity index (χ1) is 35.8. The third kappa shape index (κ3) is 20.5. The van der Waals surface area contributed by atoms with Crippen molar-refractivity contribution in [1.82, 2.24) is 5.32 Å². The summed E-state index contributed by atoms with van der Waals surface area (Å²) in [6.07, 6.45) is 1.56. The van der Waals surface area contributed by atoms with E-state index in [9.17, 15) is 78.7 Å². The fraction of sp³-hybridized carbons (Fsp3) is 0.593. The number of nitrogens with one attached hydrogen (secondary N) is 1. The summed E-state index contributed by atoms with van der Waals surface area (Å²) in [6, 6.07) is 4.33. The van der Waals surface area contributed by atoms with Gasteiger partial charge in [-0.3, -0.25) is 14.1 Å². The first-order valence-corrected chi connectivity index (χ1v) is 27.0. The summed E-state index contributed by atoms with van der Waals surface area (Å²) in [5.74, 6) is -7.16. The normalized spacial score (nSPS) is 40.8. The zero-order valence-electron chi connectivity index (χ0n) is 43.2. The van der Waals surface area contributed by atoms with Crippen LogP contribution in [0.4, 0.5) is 0 Å². The fourth-order valence-electron chi connectivity index (χ4n) is 9.29. The van der Waals surface area contributed by atoms with Gasteiger partial charge in [0.2, 0.25) is 0 Å². The molecule has 19 atom stereocenters. The van der Waals surface area contributed by atoms with E-state index in [0.29, 0.717) is 0 Å². The van der Waals surface area contributed by atoms with Crippen molar-refractivity contribution in [3.63, 3.8) is 0 Å². The second-order valence-electron chi connectivity index (χ2n) is 20.0. The second-order valence-corrected chi connectivity index (χ2v) is 21.4. The van der Waals surface area contributed by atoms with Crippen molar-refractivity contribution >= 4 is 22.1 Å². The minimum Gasteiger partial charge on any atom is -0.481 e. The molecule has 0 spiro atoms. The van der Waals surface area contributed by atoms with Crippen molar-refractivity contribution in [2.75, 3.05) is 0 Å². The number of rotatable bonds is 7. The molecule has 3 aliphatic heterocycles. The summed E-state index contributed by atoms with van der Waals surface area (Å²) >= 11 is 0. The maximum atomic E-state index is 12.7. The molecule has 0 aromatic heterocycles. The Morgan fingerprint density at radius 2 is 1.26 bits per heavy atom. The average Bonchev–Trinajstić information content (AvgIpc) is 3.33. The summed E-state index contributed by atoms with van der Waals surface area (Å²) in [5.41, 5.74) is 0.124. The molecule has 0 unspecified atom stereocenters. The molecule has 3 aliphatic rings. The third-order valence-electron chi connectivity index (χ3n) is 13.8. The Morgan fingerprint density at radius 3 is 1.87 bits per heavy atom. The lowest BCUT2D eigenvalue weighted by atomic mass is 9.82.